The highest BCUT2D eigenvalue weighted by Gasteiger charge is 2.18. The molecular weight excluding hydrogens is 304 g/mol. The first-order chi connectivity index (χ1) is 9.72. The highest BCUT2D eigenvalue weighted by molar-refractivity contribution is 7.94. The van der Waals surface area contributed by atoms with E-state index in [4.69, 9.17) is 5.73 Å². The Morgan fingerprint density at radius 1 is 1.19 bits per heavy atom. The average Bonchev–Trinajstić information content (AvgIpc) is 2.87. The summed E-state index contributed by atoms with van der Waals surface area (Å²) in [6, 6.07) is 9.07. The Kier molecular flexibility index (Phi) is 4.41. The molecule has 0 spiro atoms. The summed E-state index contributed by atoms with van der Waals surface area (Å²) >= 11 is 1.18. The van der Waals surface area contributed by atoms with Crippen LogP contribution in [0.25, 0.3) is 0 Å². The van der Waals surface area contributed by atoms with E-state index in [9.17, 15) is 8.42 Å². The first-order valence-corrected chi connectivity index (χ1v) is 8.99. The molecule has 21 heavy (non-hydrogen) atoms. The highest BCUT2D eigenvalue weighted by Crippen LogP contribution is 2.26. The Morgan fingerprint density at radius 3 is 2.29 bits per heavy atom. The van der Waals surface area contributed by atoms with Crippen LogP contribution >= 0.6 is 11.3 Å². The third-order valence-electron chi connectivity index (χ3n) is 3.13. The summed E-state index contributed by atoms with van der Waals surface area (Å²) in [5.74, 6) is 0. The van der Waals surface area contributed by atoms with E-state index < -0.39 is 10.0 Å². The molecule has 114 valence electrons. The van der Waals surface area contributed by atoms with Crippen molar-refractivity contribution in [2.75, 3.05) is 4.72 Å². The van der Waals surface area contributed by atoms with E-state index in [0.29, 0.717) is 12.2 Å². The van der Waals surface area contributed by atoms with Gasteiger partial charge < -0.3 is 5.73 Å². The molecule has 4 nitrogen and oxygen atoms in total. The monoisotopic (exact) mass is 324 g/mol. The second kappa shape index (κ2) is 5.79. The van der Waals surface area contributed by atoms with E-state index in [1.165, 1.54) is 11.3 Å². The summed E-state index contributed by atoms with van der Waals surface area (Å²) < 4.78 is 27.4. The number of sulfonamides is 1. The molecule has 0 bridgehead atoms. The van der Waals surface area contributed by atoms with Crippen molar-refractivity contribution in [3.63, 3.8) is 0 Å². The van der Waals surface area contributed by atoms with Gasteiger partial charge in [0.2, 0.25) is 0 Å². The van der Waals surface area contributed by atoms with Gasteiger partial charge in [-0.05, 0) is 40.1 Å². The van der Waals surface area contributed by atoms with Gasteiger partial charge in [-0.25, -0.2) is 8.42 Å². The van der Waals surface area contributed by atoms with E-state index in [1.54, 1.807) is 23.6 Å². The Morgan fingerprint density at radius 2 is 1.81 bits per heavy atom. The molecule has 0 aliphatic rings. The van der Waals surface area contributed by atoms with Crippen molar-refractivity contribution in [1.29, 1.82) is 0 Å². The number of hydrogen-bond acceptors (Lipinski definition) is 4. The van der Waals surface area contributed by atoms with Crippen LogP contribution in [0.5, 0.6) is 0 Å². The number of nitrogens with two attached hydrogens (primary N) is 1. The lowest BCUT2D eigenvalue weighted by Crippen LogP contribution is -2.13. The second-order valence-corrected chi connectivity index (χ2v) is 8.73. The van der Waals surface area contributed by atoms with Crippen molar-refractivity contribution in [3.8, 4) is 0 Å². The Bertz CT molecular complexity index is 711. The van der Waals surface area contributed by atoms with Crippen LogP contribution in [0.2, 0.25) is 0 Å². The number of benzene rings is 1. The largest absolute Gasteiger partial charge is 0.326 e. The van der Waals surface area contributed by atoms with Gasteiger partial charge in [0.15, 0.2) is 0 Å². The SMILES string of the molecule is CC(C)(C)c1ccc(NS(=O)(=O)c2cc(CN)cs2)cc1. The van der Waals surface area contributed by atoms with Crippen molar-refractivity contribution < 1.29 is 8.42 Å². The predicted molar refractivity (Wildman–Crippen MR) is 88.2 cm³/mol. The maximum atomic E-state index is 12.3. The third kappa shape index (κ3) is 3.84. The molecule has 6 heteroatoms. The lowest BCUT2D eigenvalue weighted by Gasteiger charge is -2.19. The predicted octanol–water partition coefficient (Wildman–Crippen LogP) is 3.31. The molecule has 0 saturated carbocycles. The van der Waals surface area contributed by atoms with Crippen LogP contribution < -0.4 is 10.5 Å². The Labute approximate surface area is 130 Å². The fraction of sp³-hybridized carbons (Fsp3) is 0.333. The van der Waals surface area contributed by atoms with Gasteiger partial charge in [0, 0.05) is 12.2 Å². The van der Waals surface area contributed by atoms with Crippen LogP contribution in [0.3, 0.4) is 0 Å². The van der Waals surface area contributed by atoms with Crippen molar-refractivity contribution in [3.05, 3.63) is 46.8 Å². The average molecular weight is 324 g/mol. The minimum absolute atomic E-state index is 0.0428. The molecule has 0 aliphatic heterocycles. The molecule has 1 aromatic carbocycles. The third-order valence-corrected chi connectivity index (χ3v) is 6.00. The van der Waals surface area contributed by atoms with E-state index in [1.807, 2.05) is 12.1 Å². The number of nitrogens with one attached hydrogen (secondary N) is 1. The zero-order chi connectivity index (χ0) is 15.7. The lowest BCUT2D eigenvalue weighted by molar-refractivity contribution is 0.590. The summed E-state index contributed by atoms with van der Waals surface area (Å²) in [5, 5.41) is 1.76. The van der Waals surface area contributed by atoms with Gasteiger partial charge in [-0.15, -0.1) is 11.3 Å². The molecule has 0 amide bonds. The summed E-state index contributed by atoms with van der Waals surface area (Å²) in [6.45, 7) is 6.69. The van der Waals surface area contributed by atoms with Crippen LogP contribution in [-0.2, 0) is 22.0 Å². The molecule has 0 radical (unpaired) electrons. The van der Waals surface area contributed by atoms with Crippen LogP contribution in [-0.4, -0.2) is 8.42 Å². The van der Waals surface area contributed by atoms with Crippen LogP contribution in [0.1, 0.15) is 31.9 Å². The van der Waals surface area contributed by atoms with Crippen molar-refractivity contribution in [2.24, 2.45) is 5.73 Å². The van der Waals surface area contributed by atoms with E-state index in [0.717, 1.165) is 11.1 Å². The molecule has 0 aliphatic carbocycles. The Balaban J connectivity index is 2.21. The van der Waals surface area contributed by atoms with Gasteiger partial charge in [-0.1, -0.05) is 32.9 Å². The van der Waals surface area contributed by atoms with Crippen LogP contribution in [0.15, 0.2) is 39.9 Å². The standard InChI is InChI=1S/C15H20N2O2S2/c1-15(2,3)12-4-6-13(7-5-12)17-21(18,19)14-8-11(9-16)10-20-14/h4-8,10,17H,9,16H2,1-3H3. The van der Waals surface area contributed by atoms with Gasteiger partial charge in [0.25, 0.3) is 10.0 Å². The molecule has 0 fully saturated rings. The molecule has 0 unspecified atom stereocenters. The molecule has 1 aromatic heterocycles. The highest BCUT2D eigenvalue weighted by atomic mass is 32.2. The normalized spacial score (nSPS) is 12.4. The van der Waals surface area contributed by atoms with Crippen LogP contribution in [0, 0.1) is 0 Å². The number of thiophene rings is 1. The van der Waals surface area contributed by atoms with Gasteiger partial charge >= 0.3 is 0 Å². The molecule has 2 rings (SSSR count). The van der Waals surface area contributed by atoms with E-state index in [-0.39, 0.29) is 9.62 Å². The van der Waals surface area contributed by atoms with E-state index in [2.05, 4.69) is 25.5 Å². The topological polar surface area (TPSA) is 72.2 Å². The van der Waals surface area contributed by atoms with Crippen LogP contribution in [0.4, 0.5) is 5.69 Å². The molecule has 0 atom stereocenters. The quantitative estimate of drug-likeness (QED) is 0.906. The molecule has 0 saturated heterocycles. The first kappa shape index (κ1) is 16.0. The fourth-order valence-electron chi connectivity index (χ4n) is 1.84. The van der Waals surface area contributed by atoms with E-state index >= 15 is 0 Å². The summed E-state index contributed by atoms with van der Waals surface area (Å²) in [5.41, 5.74) is 8.09. The van der Waals surface area contributed by atoms with Crippen molar-refractivity contribution in [2.45, 2.75) is 36.9 Å². The minimum Gasteiger partial charge on any atom is -0.326 e. The zero-order valence-corrected chi connectivity index (χ0v) is 14.0. The van der Waals surface area contributed by atoms with Crippen molar-refractivity contribution >= 4 is 27.0 Å². The number of hydrogen-bond donors (Lipinski definition) is 2. The second-order valence-electron chi connectivity index (χ2n) is 5.91. The molecular formula is C15H20N2O2S2. The summed E-state index contributed by atoms with van der Waals surface area (Å²) in [7, 11) is -3.54. The fourth-order valence-corrected chi connectivity index (χ4v) is 4.13. The number of anilines is 1. The first-order valence-electron chi connectivity index (χ1n) is 6.63. The van der Waals surface area contributed by atoms with Gasteiger partial charge in [-0.3, -0.25) is 4.72 Å². The summed E-state index contributed by atoms with van der Waals surface area (Å²) in [4.78, 5) is 0. The van der Waals surface area contributed by atoms with Gasteiger partial charge in [0.1, 0.15) is 4.21 Å². The lowest BCUT2D eigenvalue weighted by atomic mass is 9.87. The molecule has 1 heterocycles. The maximum Gasteiger partial charge on any atom is 0.271 e. The smallest absolute Gasteiger partial charge is 0.271 e. The molecule has 2 aromatic rings. The Hall–Kier alpha value is -1.37. The van der Waals surface area contributed by atoms with Gasteiger partial charge in [-0.2, -0.15) is 0 Å². The van der Waals surface area contributed by atoms with Crippen molar-refractivity contribution in [1.82, 2.24) is 0 Å². The number of rotatable bonds is 4. The van der Waals surface area contributed by atoms with Gasteiger partial charge in [0.05, 0.1) is 0 Å². The minimum atomic E-state index is -3.54. The zero-order valence-electron chi connectivity index (χ0n) is 12.4. The summed E-state index contributed by atoms with van der Waals surface area (Å²) in [6.07, 6.45) is 0. The molecule has 3 N–H and O–H groups in total. The maximum absolute atomic E-state index is 12.3.